The first kappa shape index (κ1) is 19.3. The van der Waals surface area contributed by atoms with Crippen LogP contribution in [0.4, 0.5) is 5.82 Å². The third-order valence-corrected chi connectivity index (χ3v) is 7.71. The predicted octanol–water partition coefficient (Wildman–Crippen LogP) is 3.35. The largest absolute Gasteiger partial charge is 0.468 e. The molecule has 0 amide bonds. The second-order valence-electron chi connectivity index (χ2n) is 8.81. The van der Waals surface area contributed by atoms with Gasteiger partial charge >= 0.3 is 5.97 Å². The van der Waals surface area contributed by atoms with Gasteiger partial charge in [-0.3, -0.25) is 4.79 Å². The molecule has 2 N–H and O–H groups in total. The third-order valence-electron chi connectivity index (χ3n) is 7.15. The number of fused-ring (bicyclic) bond motifs is 3. The average molecular weight is 462 g/mol. The zero-order chi connectivity index (χ0) is 20.0. The number of anilines is 1. The van der Waals surface area contributed by atoms with E-state index in [-0.39, 0.29) is 17.9 Å². The Morgan fingerprint density at radius 3 is 2.90 bits per heavy atom. The number of aromatic nitrogens is 3. The first-order valence-electron chi connectivity index (χ1n) is 10.7. The molecule has 0 aliphatic heterocycles. The topological polar surface area (TPSA) is 80.5 Å². The van der Waals surface area contributed by atoms with Gasteiger partial charge in [0.1, 0.15) is 5.82 Å². The minimum absolute atomic E-state index is 0.210. The Morgan fingerprint density at radius 1 is 1.31 bits per heavy atom. The smallest absolute Gasteiger partial charge is 0.319 e. The molecule has 0 radical (unpaired) electrons. The lowest BCUT2D eigenvalue weighted by atomic mass is 9.83. The lowest BCUT2D eigenvalue weighted by molar-refractivity contribution is -0.139. The summed E-state index contributed by atoms with van der Waals surface area (Å²) in [6, 6.07) is 0.699. The van der Waals surface area contributed by atoms with Crippen LogP contribution in [0.25, 0.3) is 5.65 Å². The highest BCUT2D eigenvalue weighted by Crippen LogP contribution is 2.51. The van der Waals surface area contributed by atoms with Crippen molar-refractivity contribution in [3.8, 4) is 0 Å². The second kappa shape index (κ2) is 7.54. The molecular formula is C21H28BrN5O2. The number of esters is 1. The number of rotatable bonds is 5. The molecule has 8 heteroatoms. The molecule has 29 heavy (non-hydrogen) atoms. The van der Waals surface area contributed by atoms with Crippen molar-refractivity contribution in [3.05, 3.63) is 21.9 Å². The minimum atomic E-state index is -0.210. The Hall–Kier alpha value is -1.67. The van der Waals surface area contributed by atoms with E-state index in [1.54, 1.807) is 0 Å². The van der Waals surface area contributed by atoms with Crippen LogP contribution >= 0.6 is 15.9 Å². The summed E-state index contributed by atoms with van der Waals surface area (Å²) >= 11 is 3.64. The number of hydrogen-bond donors (Lipinski definition) is 2. The van der Waals surface area contributed by atoms with E-state index in [0.29, 0.717) is 12.1 Å². The van der Waals surface area contributed by atoms with Crippen LogP contribution in [-0.2, 0) is 21.4 Å². The molecule has 5 rings (SSSR count). The highest BCUT2D eigenvalue weighted by Gasteiger charge is 2.44. The van der Waals surface area contributed by atoms with Crippen LogP contribution in [0.1, 0.15) is 62.6 Å². The number of halogens is 1. The van der Waals surface area contributed by atoms with Crippen LogP contribution in [0.15, 0.2) is 10.7 Å². The van der Waals surface area contributed by atoms with E-state index in [4.69, 9.17) is 9.72 Å². The van der Waals surface area contributed by atoms with Crippen LogP contribution in [0.2, 0.25) is 0 Å². The van der Waals surface area contributed by atoms with Crippen LogP contribution < -0.4 is 10.6 Å². The second-order valence-corrected chi connectivity index (χ2v) is 9.67. The number of nitrogens with one attached hydrogen (secondary N) is 2. The van der Waals surface area contributed by atoms with Crippen molar-refractivity contribution in [2.75, 3.05) is 19.0 Å². The fourth-order valence-corrected chi connectivity index (χ4v) is 5.98. The van der Waals surface area contributed by atoms with Gasteiger partial charge in [-0.25, -0.2) is 4.98 Å². The van der Waals surface area contributed by atoms with Gasteiger partial charge < -0.3 is 15.4 Å². The van der Waals surface area contributed by atoms with Gasteiger partial charge in [-0.2, -0.15) is 9.61 Å². The highest BCUT2D eigenvalue weighted by molar-refractivity contribution is 9.10. The van der Waals surface area contributed by atoms with E-state index in [0.717, 1.165) is 41.6 Å². The molecule has 156 valence electrons. The van der Waals surface area contributed by atoms with Gasteiger partial charge in [0.25, 0.3) is 0 Å². The molecule has 2 fully saturated rings. The highest BCUT2D eigenvalue weighted by atomic mass is 79.9. The number of nitrogens with zero attached hydrogens (tertiary/aromatic N) is 3. The number of ether oxygens (including phenoxy) is 1. The summed E-state index contributed by atoms with van der Waals surface area (Å²) < 4.78 is 7.67. The first-order valence-corrected chi connectivity index (χ1v) is 11.5. The SMILES string of the molecule is COC(=O)CN[C@H]1CC[C@H](Nc2c3c(nc4c(Br)cnn24)C2(CCCC2)CC3)C1. The maximum atomic E-state index is 11.4. The van der Waals surface area contributed by atoms with Crippen molar-refractivity contribution < 1.29 is 9.53 Å². The summed E-state index contributed by atoms with van der Waals surface area (Å²) in [5, 5.41) is 11.8. The van der Waals surface area contributed by atoms with E-state index >= 15 is 0 Å². The van der Waals surface area contributed by atoms with Crippen LogP contribution in [0.3, 0.4) is 0 Å². The van der Waals surface area contributed by atoms with E-state index in [1.807, 2.05) is 10.7 Å². The molecule has 1 spiro atoms. The molecule has 0 bridgehead atoms. The van der Waals surface area contributed by atoms with Gasteiger partial charge in [0.2, 0.25) is 0 Å². The number of hydrogen-bond acceptors (Lipinski definition) is 6. The fraction of sp³-hybridized carbons (Fsp3) is 0.667. The van der Waals surface area contributed by atoms with Crippen LogP contribution in [0, 0.1) is 0 Å². The fourth-order valence-electron chi connectivity index (χ4n) is 5.64. The lowest BCUT2D eigenvalue weighted by Crippen LogP contribution is -2.33. The van der Waals surface area contributed by atoms with Crippen molar-refractivity contribution in [2.24, 2.45) is 0 Å². The summed E-state index contributed by atoms with van der Waals surface area (Å²) in [7, 11) is 1.43. The summed E-state index contributed by atoms with van der Waals surface area (Å²) in [5.74, 6) is 0.913. The van der Waals surface area contributed by atoms with Gasteiger partial charge in [0.05, 0.1) is 30.0 Å². The number of carbonyl (C=O) groups excluding carboxylic acids is 1. The Bertz CT molecular complexity index is 937. The zero-order valence-electron chi connectivity index (χ0n) is 16.8. The van der Waals surface area contributed by atoms with E-state index in [1.165, 1.54) is 50.5 Å². The molecule has 2 aromatic heterocycles. The Kier molecular flexibility index (Phi) is 5.02. The molecule has 3 aliphatic rings. The maximum Gasteiger partial charge on any atom is 0.319 e. The van der Waals surface area contributed by atoms with Gasteiger partial charge in [0, 0.05) is 23.1 Å². The molecule has 2 heterocycles. The molecule has 2 saturated carbocycles. The van der Waals surface area contributed by atoms with Crippen molar-refractivity contribution >= 4 is 33.4 Å². The molecule has 0 unspecified atom stereocenters. The van der Waals surface area contributed by atoms with Gasteiger partial charge in [-0.15, -0.1) is 0 Å². The van der Waals surface area contributed by atoms with E-state index in [9.17, 15) is 4.79 Å². The number of carbonyl (C=O) groups is 1. The molecular weight excluding hydrogens is 434 g/mol. The third kappa shape index (κ3) is 3.34. The molecule has 7 nitrogen and oxygen atoms in total. The van der Waals surface area contributed by atoms with Crippen molar-refractivity contribution in [1.29, 1.82) is 0 Å². The Balaban J connectivity index is 1.41. The van der Waals surface area contributed by atoms with E-state index in [2.05, 4.69) is 31.7 Å². The number of methoxy groups -OCH3 is 1. The molecule has 2 atom stereocenters. The average Bonchev–Trinajstić information content (AvgIpc) is 3.51. The van der Waals surface area contributed by atoms with Gasteiger partial charge in [-0.05, 0) is 60.9 Å². The normalized spacial score (nSPS) is 25.0. The van der Waals surface area contributed by atoms with Gasteiger partial charge in [0.15, 0.2) is 5.65 Å². The van der Waals surface area contributed by atoms with E-state index < -0.39 is 0 Å². The van der Waals surface area contributed by atoms with Crippen molar-refractivity contribution in [3.63, 3.8) is 0 Å². The molecule has 3 aliphatic carbocycles. The Labute approximate surface area is 179 Å². The summed E-state index contributed by atoms with van der Waals surface area (Å²) in [6.07, 6.45) is 12.4. The first-order chi connectivity index (χ1) is 14.1. The maximum absolute atomic E-state index is 11.4. The molecule has 0 saturated heterocycles. The molecule has 2 aromatic rings. The van der Waals surface area contributed by atoms with Crippen molar-refractivity contribution in [1.82, 2.24) is 19.9 Å². The zero-order valence-corrected chi connectivity index (χ0v) is 18.4. The summed E-state index contributed by atoms with van der Waals surface area (Å²) in [4.78, 5) is 16.5. The Morgan fingerprint density at radius 2 is 2.10 bits per heavy atom. The summed E-state index contributed by atoms with van der Waals surface area (Å²) in [6.45, 7) is 0.275. The summed E-state index contributed by atoms with van der Waals surface area (Å²) in [5.41, 5.74) is 3.86. The predicted molar refractivity (Wildman–Crippen MR) is 114 cm³/mol. The lowest BCUT2D eigenvalue weighted by Gasteiger charge is -2.24. The van der Waals surface area contributed by atoms with Crippen LogP contribution in [0.5, 0.6) is 0 Å². The molecule has 0 aromatic carbocycles. The van der Waals surface area contributed by atoms with Gasteiger partial charge in [-0.1, -0.05) is 12.8 Å². The van der Waals surface area contributed by atoms with Crippen LogP contribution in [-0.4, -0.2) is 46.3 Å². The quantitative estimate of drug-likeness (QED) is 0.664. The monoisotopic (exact) mass is 461 g/mol. The standard InChI is InChI=1S/C21H28BrN5O2/c1-29-17(28)12-23-13-4-5-14(10-13)25-19-15-6-9-21(7-2-3-8-21)18(15)26-20-16(22)11-24-27(19)20/h11,13-14,23,25H,2-10,12H2,1H3/t13-,14-/m0/s1. The minimum Gasteiger partial charge on any atom is -0.468 e. The van der Waals surface area contributed by atoms with Crippen molar-refractivity contribution in [2.45, 2.75) is 75.3 Å².